The highest BCUT2D eigenvalue weighted by atomic mass is 32.1. The highest BCUT2D eigenvalue weighted by Crippen LogP contribution is 2.37. The van der Waals surface area contributed by atoms with Gasteiger partial charge in [-0.2, -0.15) is 0 Å². The summed E-state index contributed by atoms with van der Waals surface area (Å²) in [6.45, 7) is 2.59. The summed E-state index contributed by atoms with van der Waals surface area (Å²) < 4.78 is 0. The van der Waals surface area contributed by atoms with E-state index in [0.29, 0.717) is 12.5 Å². The maximum Gasteiger partial charge on any atom is 0.265 e. The van der Waals surface area contributed by atoms with E-state index in [0.717, 1.165) is 34.8 Å². The predicted molar refractivity (Wildman–Crippen MR) is 88.4 cm³/mol. The lowest BCUT2D eigenvalue weighted by Crippen LogP contribution is -2.34. The lowest BCUT2D eigenvalue weighted by atomic mass is 10.1. The first-order valence-electron chi connectivity index (χ1n) is 8.47. The second-order valence-electron chi connectivity index (χ2n) is 6.89. The number of hydrogen-bond acceptors (Lipinski definition) is 4. The van der Waals surface area contributed by atoms with Gasteiger partial charge in [0.25, 0.3) is 5.91 Å². The van der Waals surface area contributed by atoms with Gasteiger partial charge < -0.3 is 10.0 Å². The fourth-order valence-electron chi connectivity index (χ4n) is 3.80. The molecule has 4 nitrogen and oxygen atoms in total. The van der Waals surface area contributed by atoms with Crippen LogP contribution >= 0.6 is 11.3 Å². The second-order valence-corrected chi connectivity index (χ2v) is 7.92. The van der Waals surface area contributed by atoms with Crippen LogP contribution in [0.4, 0.5) is 0 Å². The van der Waals surface area contributed by atoms with Gasteiger partial charge in [0.05, 0.1) is 16.8 Å². The molecular weight excluding hydrogens is 296 g/mol. The van der Waals surface area contributed by atoms with Gasteiger partial charge in [0.2, 0.25) is 0 Å². The van der Waals surface area contributed by atoms with Crippen molar-refractivity contribution in [2.75, 3.05) is 13.6 Å². The standard InChI is InChI=1S/C17H26N2O2S/c1-11-15(22-16(18-11)12-6-3-4-7-12)17(21)19(2)10-13-8-5-9-14(13)20/h12-14,20H,3-10H2,1-2H3. The van der Waals surface area contributed by atoms with Crippen molar-refractivity contribution in [2.45, 2.75) is 63.9 Å². The number of nitrogens with zero attached hydrogens (tertiary/aromatic N) is 2. The molecule has 2 atom stereocenters. The SMILES string of the molecule is Cc1nc(C2CCCC2)sc1C(=O)N(C)CC1CCCC1O. The Morgan fingerprint density at radius 2 is 2.00 bits per heavy atom. The summed E-state index contributed by atoms with van der Waals surface area (Å²) in [6, 6.07) is 0. The van der Waals surface area contributed by atoms with Crippen molar-refractivity contribution < 1.29 is 9.90 Å². The van der Waals surface area contributed by atoms with Crippen LogP contribution in [-0.4, -0.2) is 40.6 Å². The number of aliphatic hydroxyl groups excluding tert-OH is 1. The second kappa shape index (κ2) is 6.67. The van der Waals surface area contributed by atoms with E-state index in [2.05, 4.69) is 4.98 Å². The highest BCUT2D eigenvalue weighted by Gasteiger charge is 2.29. The first kappa shape index (κ1) is 15.9. The molecule has 22 heavy (non-hydrogen) atoms. The number of aromatic nitrogens is 1. The van der Waals surface area contributed by atoms with Gasteiger partial charge in [-0.15, -0.1) is 11.3 Å². The zero-order chi connectivity index (χ0) is 15.7. The van der Waals surface area contributed by atoms with Crippen molar-refractivity contribution in [3.63, 3.8) is 0 Å². The Morgan fingerprint density at radius 1 is 1.27 bits per heavy atom. The summed E-state index contributed by atoms with van der Waals surface area (Å²) in [4.78, 5) is 19.9. The summed E-state index contributed by atoms with van der Waals surface area (Å²) in [6.07, 6.45) is 7.71. The number of rotatable bonds is 4. The zero-order valence-corrected chi connectivity index (χ0v) is 14.4. The molecule has 2 aliphatic carbocycles. The third-order valence-electron chi connectivity index (χ3n) is 5.19. The molecule has 0 saturated heterocycles. The molecule has 2 fully saturated rings. The zero-order valence-electron chi connectivity index (χ0n) is 13.5. The van der Waals surface area contributed by atoms with E-state index in [9.17, 15) is 9.90 Å². The van der Waals surface area contributed by atoms with Crippen molar-refractivity contribution in [1.29, 1.82) is 0 Å². The Hall–Kier alpha value is -0.940. The Labute approximate surface area is 136 Å². The average molecular weight is 322 g/mol. The Bertz CT molecular complexity index is 537. The van der Waals surface area contributed by atoms with E-state index in [1.807, 2.05) is 14.0 Å². The molecule has 1 amide bonds. The predicted octanol–water partition coefficient (Wildman–Crippen LogP) is 3.34. The molecule has 1 heterocycles. The number of aryl methyl sites for hydroxylation is 1. The summed E-state index contributed by atoms with van der Waals surface area (Å²) >= 11 is 1.59. The smallest absolute Gasteiger partial charge is 0.265 e. The van der Waals surface area contributed by atoms with Crippen LogP contribution < -0.4 is 0 Å². The normalized spacial score (nSPS) is 25.8. The van der Waals surface area contributed by atoms with Gasteiger partial charge in [-0.3, -0.25) is 4.79 Å². The number of hydrogen-bond donors (Lipinski definition) is 1. The van der Waals surface area contributed by atoms with E-state index < -0.39 is 0 Å². The van der Waals surface area contributed by atoms with E-state index in [-0.39, 0.29) is 17.9 Å². The molecular formula is C17H26N2O2S. The number of amides is 1. The van der Waals surface area contributed by atoms with Crippen LogP contribution in [0.5, 0.6) is 0 Å². The van der Waals surface area contributed by atoms with Gasteiger partial charge in [0.1, 0.15) is 4.88 Å². The van der Waals surface area contributed by atoms with E-state index >= 15 is 0 Å². The van der Waals surface area contributed by atoms with Crippen LogP contribution in [0.3, 0.4) is 0 Å². The van der Waals surface area contributed by atoms with Crippen LogP contribution in [0.1, 0.15) is 71.2 Å². The van der Waals surface area contributed by atoms with Crippen LogP contribution in [0.25, 0.3) is 0 Å². The molecule has 122 valence electrons. The fraction of sp³-hybridized carbons (Fsp3) is 0.765. The maximum atomic E-state index is 12.7. The lowest BCUT2D eigenvalue weighted by molar-refractivity contribution is 0.0697. The van der Waals surface area contributed by atoms with Crippen molar-refractivity contribution in [2.24, 2.45) is 5.92 Å². The number of thiazole rings is 1. The van der Waals surface area contributed by atoms with Crippen molar-refractivity contribution >= 4 is 17.2 Å². The minimum Gasteiger partial charge on any atom is -0.393 e. The molecule has 2 unspecified atom stereocenters. The number of carbonyl (C=O) groups is 1. The summed E-state index contributed by atoms with van der Waals surface area (Å²) in [5, 5.41) is 11.1. The van der Waals surface area contributed by atoms with Gasteiger partial charge in [0, 0.05) is 25.4 Å². The van der Waals surface area contributed by atoms with Crippen LogP contribution in [0, 0.1) is 12.8 Å². The molecule has 1 aromatic heterocycles. The molecule has 0 bridgehead atoms. The molecule has 2 saturated carbocycles. The first-order valence-corrected chi connectivity index (χ1v) is 9.28. The highest BCUT2D eigenvalue weighted by molar-refractivity contribution is 7.13. The third-order valence-corrected chi connectivity index (χ3v) is 6.49. The molecule has 3 rings (SSSR count). The summed E-state index contributed by atoms with van der Waals surface area (Å²) in [7, 11) is 1.85. The molecule has 1 aromatic rings. The summed E-state index contributed by atoms with van der Waals surface area (Å²) in [5.41, 5.74) is 0.871. The van der Waals surface area contributed by atoms with Crippen LogP contribution in [0.15, 0.2) is 0 Å². The van der Waals surface area contributed by atoms with Crippen molar-refractivity contribution in [3.8, 4) is 0 Å². The van der Waals surface area contributed by atoms with Crippen LogP contribution in [0.2, 0.25) is 0 Å². The fourth-order valence-corrected chi connectivity index (χ4v) is 5.03. The minimum absolute atomic E-state index is 0.0679. The quantitative estimate of drug-likeness (QED) is 0.925. The van der Waals surface area contributed by atoms with Gasteiger partial charge in [-0.25, -0.2) is 4.98 Å². The Balaban J connectivity index is 1.68. The Kier molecular flexibility index (Phi) is 4.83. The molecule has 2 aliphatic rings. The van der Waals surface area contributed by atoms with Gasteiger partial charge in [-0.1, -0.05) is 19.3 Å². The molecule has 5 heteroatoms. The Morgan fingerprint density at radius 3 is 2.64 bits per heavy atom. The monoisotopic (exact) mass is 322 g/mol. The van der Waals surface area contributed by atoms with Gasteiger partial charge in [-0.05, 0) is 32.6 Å². The van der Waals surface area contributed by atoms with E-state index in [4.69, 9.17) is 0 Å². The number of aliphatic hydroxyl groups is 1. The van der Waals surface area contributed by atoms with E-state index in [1.54, 1.807) is 16.2 Å². The molecule has 0 radical (unpaired) electrons. The molecule has 0 spiro atoms. The minimum atomic E-state index is -0.244. The van der Waals surface area contributed by atoms with Gasteiger partial charge >= 0.3 is 0 Å². The van der Waals surface area contributed by atoms with Crippen molar-refractivity contribution in [1.82, 2.24) is 9.88 Å². The molecule has 1 N–H and O–H groups in total. The lowest BCUT2D eigenvalue weighted by Gasteiger charge is -2.23. The van der Waals surface area contributed by atoms with Crippen molar-refractivity contribution in [3.05, 3.63) is 15.6 Å². The molecule has 0 aliphatic heterocycles. The third kappa shape index (κ3) is 3.20. The molecule has 0 aromatic carbocycles. The summed E-state index contributed by atoms with van der Waals surface area (Å²) in [5.74, 6) is 0.863. The topological polar surface area (TPSA) is 53.4 Å². The first-order chi connectivity index (χ1) is 10.6. The largest absolute Gasteiger partial charge is 0.393 e. The average Bonchev–Trinajstić information content (AvgIpc) is 3.20. The van der Waals surface area contributed by atoms with Crippen LogP contribution in [-0.2, 0) is 0 Å². The van der Waals surface area contributed by atoms with Gasteiger partial charge in [0.15, 0.2) is 0 Å². The maximum absolute atomic E-state index is 12.7. The van der Waals surface area contributed by atoms with E-state index in [1.165, 1.54) is 25.7 Å². The number of carbonyl (C=O) groups excluding carboxylic acids is 1.